The summed E-state index contributed by atoms with van der Waals surface area (Å²) in [5.74, 6) is 0.379. The van der Waals surface area contributed by atoms with Gasteiger partial charge in [-0.05, 0) is 74.7 Å². The number of likely N-dealkylation sites (tertiary alicyclic amines) is 1. The number of fused-ring (bicyclic) bond motifs is 3. The summed E-state index contributed by atoms with van der Waals surface area (Å²) in [5, 5.41) is 0.320. The van der Waals surface area contributed by atoms with Crippen molar-refractivity contribution in [1.29, 1.82) is 0 Å². The van der Waals surface area contributed by atoms with E-state index in [9.17, 15) is 17.6 Å². The Morgan fingerprint density at radius 3 is 2.56 bits per heavy atom. The molecule has 1 saturated carbocycles. The Morgan fingerprint density at radius 1 is 1.11 bits per heavy atom. The molecule has 2 aliphatic heterocycles. The average Bonchev–Trinajstić information content (AvgIpc) is 3.52. The fourth-order valence-corrected chi connectivity index (χ4v) is 7.08. The summed E-state index contributed by atoms with van der Waals surface area (Å²) in [6.07, 6.45) is 4.17. The number of nitrogens with zero attached hydrogens (tertiary/aromatic N) is 4. The van der Waals surface area contributed by atoms with Crippen molar-refractivity contribution in [2.24, 2.45) is 0 Å². The van der Waals surface area contributed by atoms with Crippen LogP contribution in [-0.4, -0.2) is 59.9 Å². The third kappa shape index (κ3) is 4.01. The van der Waals surface area contributed by atoms with E-state index in [1.165, 1.54) is 18.4 Å². The first-order chi connectivity index (χ1) is 17.2. The zero-order valence-electron chi connectivity index (χ0n) is 20.1. The van der Waals surface area contributed by atoms with E-state index in [0.717, 1.165) is 54.9 Å². The van der Waals surface area contributed by atoms with E-state index in [4.69, 9.17) is 16.6 Å². The summed E-state index contributed by atoms with van der Waals surface area (Å²) in [4.78, 5) is 22.2. The van der Waals surface area contributed by atoms with Crippen LogP contribution in [-0.2, 0) is 33.1 Å². The van der Waals surface area contributed by atoms with Crippen molar-refractivity contribution in [2.75, 3.05) is 30.8 Å². The van der Waals surface area contributed by atoms with Gasteiger partial charge in [-0.15, -0.1) is 0 Å². The minimum atomic E-state index is -3.02. The lowest BCUT2D eigenvalue weighted by molar-refractivity contribution is -0.120. The van der Waals surface area contributed by atoms with Gasteiger partial charge in [0.05, 0.1) is 33.9 Å². The maximum absolute atomic E-state index is 14.2. The van der Waals surface area contributed by atoms with Crippen LogP contribution in [0.15, 0.2) is 36.4 Å². The van der Waals surface area contributed by atoms with E-state index in [0.29, 0.717) is 30.1 Å². The van der Waals surface area contributed by atoms with E-state index in [2.05, 4.69) is 9.47 Å². The van der Waals surface area contributed by atoms with Gasteiger partial charge in [-0.25, -0.2) is 17.8 Å². The summed E-state index contributed by atoms with van der Waals surface area (Å²) in [7, 11) is -3.02. The number of rotatable bonds is 6. The molecule has 0 atom stereocenters. The molecule has 3 aromatic rings. The lowest BCUT2D eigenvalue weighted by atomic mass is 9.98. The molecular formula is C26H28ClFN4O3S. The number of hydrogen-bond acceptors (Lipinski definition) is 5. The number of carbonyl (C=O) groups is 1. The van der Waals surface area contributed by atoms with E-state index < -0.39 is 15.3 Å². The number of aromatic nitrogens is 2. The van der Waals surface area contributed by atoms with Crippen LogP contribution >= 0.6 is 11.6 Å². The molecule has 0 N–H and O–H groups in total. The topological polar surface area (TPSA) is 75.5 Å². The molecule has 1 spiro atoms. The number of imidazole rings is 1. The summed E-state index contributed by atoms with van der Waals surface area (Å²) in [6, 6.07) is 10.2. The first kappa shape index (κ1) is 23.9. The van der Waals surface area contributed by atoms with Crippen LogP contribution in [0, 0.1) is 5.82 Å². The van der Waals surface area contributed by atoms with Gasteiger partial charge in [0.1, 0.15) is 21.5 Å². The number of amides is 1. The Balaban J connectivity index is 1.28. The SMILES string of the molecule is CS(=O)(=O)C1CCN(CCn2c(CN3C(=O)C4(CC4)c4ccc(F)cc43)nc3cc(Cl)ccc32)CC1. The van der Waals surface area contributed by atoms with Crippen LogP contribution in [0.2, 0.25) is 5.02 Å². The van der Waals surface area contributed by atoms with Crippen molar-refractivity contribution in [1.82, 2.24) is 14.5 Å². The lowest BCUT2D eigenvalue weighted by Gasteiger charge is -2.31. The highest BCUT2D eigenvalue weighted by molar-refractivity contribution is 7.91. The van der Waals surface area contributed by atoms with E-state index in [-0.39, 0.29) is 23.5 Å². The van der Waals surface area contributed by atoms with Gasteiger partial charge >= 0.3 is 0 Å². The van der Waals surface area contributed by atoms with Crippen molar-refractivity contribution in [3.8, 4) is 0 Å². The quantitative estimate of drug-likeness (QED) is 0.483. The van der Waals surface area contributed by atoms with Crippen LogP contribution < -0.4 is 4.90 Å². The van der Waals surface area contributed by atoms with Gasteiger partial charge in [0.15, 0.2) is 0 Å². The highest BCUT2D eigenvalue weighted by Gasteiger charge is 2.59. The Bertz CT molecular complexity index is 1480. The number of anilines is 1. The molecular weight excluding hydrogens is 503 g/mol. The van der Waals surface area contributed by atoms with E-state index in [1.807, 2.05) is 18.2 Å². The highest BCUT2D eigenvalue weighted by Crippen LogP contribution is 2.57. The van der Waals surface area contributed by atoms with Crippen LogP contribution in [0.3, 0.4) is 0 Å². The summed E-state index contributed by atoms with van der Waals surface area (Å²) < 4.78 is 40.1. The summed E-state index contributed by atoms with van der Waals surface area (Å²) in [6.45, 7) is 3.08. The predicted octanol–water partition coefficient (Wildman–Crippen LogP) is 3.92. The lowest BCUT2D eigenvalue weighted by Crippen LogP contribution is -2.40. The third-order valence-corrected chi connectivity index (χ3v) is 9.96. The van der Waals surface area contributed by atoms with Gasteiger partial charge in [0.25, 0.3) is 0 Å². The number of piperidine rings is 1. The van der Waals surface area contributed by atoms with E-state index >= 15 is 0 Å². The molecule has 3 aliphatic rings. The third-order valence-electron chi connectivity index (χ3n) is 8.04. The van der Waals surface area contributed by atoms with Gasteiger partial charge in [-0.1, -0.05) is 17.7 Å². The number of hydrogen-bond donors (Lipinski definition) is 0. The fraction of sp³-hybridized carbons (Fsp3) is 0.462. The van der Waals surface area contributed by atoms with Crippen LogP contribution in [0.4, 0.5) is 10.1 Å². The standard InChI is InChI=1S/C26H28ClFN4O3S/c1-36(34,35)19-6-10-30(11-7-19)12-13-31-22-5-2-17(27)14-21(22)29-24(31)16-32-23-15-18(28)3-4-20(23)26(8-9-26)25(32)33/h2-5,14-15,19H,6-13,16H2,1H3. The zero-order chi connectivity index (χ0) is 25.2. The Morgan fingerprint density at radius 2 is 1.86 bits per heavy atom. The van der Waals surface area contributed by atoms with Crippen molar-refractivity contribution in [2.45, 2.75) is 49.4 Å². The molecule has 1 saturated heterocycles. The summed E-state index contributed by atoms with van der Waals surface area (Å²) in [5.41, 5.74) is 2.71. The van der Waals surface area contributed by atoms with Gasteiger partial charge in [0, 0.05) is 24.4 Å². The molecule has 2 aromatic carbocycles. The van der Waals surface area contributed by atoms with Crippen LogP contribution in [0.25, 0.3) is 11.0 Å². The molecule has 6 rings (SSSR count). The van der Waals surface area contributed by atoms with Gasteiger partial charge < -0.3 is 14.4 Å². The molecule has 0 unspecified atom stereocenters. The maximum atomic E-state index is 14.2. The second kappa shape index (κ2) is 8.53. The molecule has 0 radical (unpaired) electrons. The van der Waals surface area contributed by atoms with Gasteiger partial charge in [0.2, 0.25) is 5.91 Å². The number of halogens is 2. The number of carbonyl (C=O) groups excluding carboxylic acids is 1. The minimum absolute atomic E-state index is 0.0163. The minimum Gasteiger partial charge on any atom is -0.325 e. The smallest absolute Gasteiger partial charge is 0.238 e. The molecule has 10 heteroatoms. The van der Waals surface area contributed by atoms with Gasteiger partial charge in [-0.2, -0.15) is 0 Å². The Hall–Kier alpha value is -2.49. The number of benzene rings is 2. The predicted molar refractivity (Wildman–Crippen MR) is 138 cm³/mol. The fourth-order valence-electron chi connectivity index (χ4n) is 5.85. The van der Waals surface area contributed by atoms with Crippen LogP contribution in [0.5, 0.6) is 0 Å². The molecule has 3 heterocycles. The first-order valence-electron chi connectivity index (χ1n) is 12.3. The normalized spacial score (nSPS) is 20.0. The second-order valence-corrected chi connectivity index (χ2v) is 13.1. The monoisotopic (exact) mass is 530 g/mol. The number of sulfone groups is 1. The average molecular weight is 531 g/mol. The molecule has 1 amide bonds. The molecule has 0 bridgehead atoms. The van der Waals surface area contributed by atoms with Crippen molar-refractivity contribution >= 4 is 44.1 Å². The zero-order valence-corrected chi connectivity index (χ0v) is 21.7. The maximum Gasteiger partial charge on any atom is 0.238 e. The summed E-state index contributed by atoms with van der Waals surface area (Å²) >= 11 is 6.24. The van der Waals surface area contributed by atoms with E-state index in [1.54, 1.807) is 11.0 Å². The van der Waals surface area contributed by atoms with Crippen molar-refractivity contribution in [3.05, 3.63) is 58.6 Å². The molecule has 7 nitrogen and oxygen atoms in total. The molecule has 36 heavy (non-hydrogen) atoms. The van der Waals surface area contributed by atoms with Crippen molar-refractivity contribution < 1.29 is 17.6 Å². The second-order valence-electron chi connectivity index (χ2n) is 10.3. The molecule has 2 fully saturated rings. The largest absolute Gasteiger partial charge is 0.325 e. The molecule has 1 aliphatic carbocycles. The van der Waals surface area contributed by atoms with Crippen molar-refractivity contribution in [3.63, 3.8) is 0 Å². The molecule has 1 aromatic heterocycles. The van der Waals surface area contributed by atoms with Crippen LogP contribution in [0.1, 0.15) is 37.1 Å². The Labute approximate surface area is 214 Å². The molecule has 190 valence electrons. The Kier molecular flexibility index (Phi) is 5.66. The first-order valence-corrected chi connectivity index (χ1v) is 14.7. The highest BCUT2D eigenvalue weighted by atomic mass is 35.5. The van der Waals surface area contributed by atoms with Gasteiger partial charge in [-0.3, -0.25) is 4.79 Å².